The van der Waals surface area contributed by atoms with Crippen molar-refractivity contribution in [2.75, 3.05) is 18.6 Å². The van der Waals surface area contributed by atoms with Crippen molar-refractivity contribution >= 4 is 34.4 Å². The monoisotopic (exact) mass is 401 g/mol. The Balaban J connectivity index is 2.11. The van der Waals surface area contributed by atoms with Crippen molar-refractivity contribution < 1.29 is 9.53 Å². The molecule has 1 unspecified atom stereocenters. The Hall–Kier alpha value is -2.80. The maximum atomic E-state index is 11.2. The van der Waals surface area contributed by atoms with Crippen LogP contribution in [0.25, 0.3) is 16.6 Å². The summed E-state index contributed by atoms with van der Waals surface area (Å²) in [4.78, 5) is 22.1. The van der Waals surface area contributed by atoms with Crippen LogP contribution < -0.4 is 10.6 Å². The van der Waals surface area contributed by atoms with Crippen LogP contribution in [0.4, 0.5) is 10.6 Å². The molecule has 2 heterocycles. The Morgan fingerprint density at radius 2 is 2.11 bits per heavy atom. The summed E-state index contributed by atoms with van der Waals surface area (Å²) in [5, 5.41) is 1.57. The maximum Gasteiger partial charge on any atom is 0.404 e. The first-order valence-electron chi connectivity index (χ1n) is 8.90. The molecule has 1 amide bonds. The molecule has 1 aromatic carbocycles. The number of primary amides is 1. The predicted molar refractivity (Wildman–Crippen MR) is 111 cm³/mol. The van der Waals surface area contributed by atoms with Crippen molar-refractivity contribution in [3.05, 3.63) is 48.0 Å². The van der Waals surface area contributed by atoms with E-state index < -0.39 is 6.09 Å². The highest BCUT2D eigenvalue weighted by Gasteiger charge is 2.31. The lowest BCUT2D eigenvalue weighted by Gasteiger charge is -2.38. The number of likely N-dealkylation sites (N-methyl/N-ethyl adjacent to an activating group) is 1. The lowest BCUT2D eigenvalue weighted by atomic mass is 9.86. The molecule has 0 bridgehead atoms. The molecule has 0 fully saturated rings. The van der Waals surface area contributed by atoms with Gasteiger partial charge < -0.3 is 19.9 Å². The van der Waals surface area contributed by atoms with Crippen molar-refractivity contribution in [2.45, 2.75) is 26.8 Å². The van der Waals surface area contributed by atoms with Crippen LogP contribution in [-0.4, -0.2) is 40.3 Å². The average molecular weight is 402 g/mol. The lowest BCUT2D eigenvalue weighted by Crippen LogP contribution is -2.46. The number of aromatic nitrogens is 3. The number of hydrogen-bond donors (Lipinski definition) is 1. The molecule has 8 heteroatoms. The Morgan fingerprint density at radius 3 is 2.71 bits per heavy atom. The quantitative estimate of drug-likeness (QED) is 0.697. The first-order chi connectivity index (χ1) is 13.2. The van der Waals surface area contributed by atoms with Crippen LogP contribution in [0.2, 0.25) is 5.02 Å². The number of pyridine rings is 1. The fourth-order valence-electron chi connectivity index (χ4n) is 3.23. The fraction of sp³-hybridized carbons (Fsp3) is 0.350. The van der Waals surface area contributed by atoms with Gasteiger partial charge in [0.05, 0.1) is 23.6 Å². The van der Waals surface area contributed by atoms with Gasteiger partial charge in [-0.3, -0.25) is 0 Å². The summed E-state index contributed by atoms with van der Waals surface area (Å²) in [6, 6.07) is 7.47. The van der Waals surface area contributed by atoms with E-state index in [0.717, 1.165) is 22.4 Å². The Bertz CT molecular complexity index is 982. The zero-order valence-corrected chi connectivity index (χ0v) is 17.1. The van der Waals surface area contributed by atoms with E-state index in [1.165, 1.54) is 0 Å². The van der Waals surface area contributed by atoms with E-state index in [1.807, 2.05) is 47.0 Å². The number of carbonyl (C=O) groups is 1. The number of fused-ring (bicyclic) bond motifs is 1. The van der Waals surface area contributed by atoms with Crippen LogP contribution in [0, 0.1) is 5.41 Å². The average Bonchev–Trinajstić information content (AvgIpc) is 3.13. The number of imidazole rings is 1. The minimum absolute atomic E-state index is 0.139. The van der Waals surface area contributed by atoms with Crippen LogP contribution in [-0.2, 0) is 4.74 Å². The van der Waals surface area contributed by atoms with Crippen molar-refractivity contribution in [2.24, 2.45) is 11.1 Å². The first-order valence-corrected chi connectivity index (χ1v) is 9.28. The van der Waals surface area contributed by atoms with Gasteiger partial charge in [0.15, 0.2) is 0 Å². The summed E-state index contributed by atoms with van der Waals surface area (Å²) in [7, 11) is 1.93. The molecule has 0 aliphatic rings. The van der Waals surface area contributed by atoms with Gasteiger partial charge in [0, 0.05) is 35.9 Å². The SMILES string of the molecule is CN(c1cc(-n2ccnc2)c2ccc(Cl)cc2n1)C(COC(N)=O)C(C)(C)C. The molecule has 2 N–H and O–H groups in total. The molecular weight excluding hydrogens is 378 g/mol. The minimum atomic E-state index is -0.792. The molecule has 0 saturated carbocycles. The van der Waals surface area contributed by atoms with E-state index in [-0.39, 0.29) is 18.1 Å². The zero-order valence-electron chi connectivity index (χ0n) is 16.4. The van der Waals surface area contributed by atoms with Gasteiger partial charge in [-0.05, 0) is 23.6 Å². The van der Waals surface area contributed by atoms with E-state index in [1.54, 1.807) is 12.5 Å². The second kappa shape index (κ2) is 7.67. The molecule has 28 heavy (non-hydrogen) atoms. The van der Waals surface area contributed by atoms with E-state index in [2.05, 4.69) is 25.8 Å². The second-order valence-electron chi connectivity index (χ2n) is 7.75. The molecule has 0 aliphatic heterocycles. The van der Waals surface area contributed by atoms with Crippen LogP contribution in [0.15, 0.2) is 43.0 Å². The number of benzene rings is 1. The highest BCUT2D eigenvalue weighted by atomic mass is 35.5. The Morgan fingerprint density at radius 1 is 1.36 bits per heavy atom. The third-order valence-corrected chi connectivity index (χ3v) is 4.97. The Kier molecular flexibility index (Phi) is 5.47. The Labute approximate surface area is 169 Å². The van der Waals surface area contributed by atoms with Crippen molar-refractivity contribution in [3.63, 3.8) is 0 Å². The molecule has 0 saturated heterocycles. The molecule has 3 rings (SSSR count). The summed E-state index contributed by atoms with van der Waals surface area (Å²) in [6.45, 7) is 6.39. The highest BCUT2D eigenvalue weighted by Crippen LogP contribution is 2.32. The van der Waals surface area contributed by atoms with Crippen LogP contribution in [0.1, 0.15) is 20.8 Å². The summed E-state index contributed by atoms with van der Waals surface area (Å²) < 4.78 is 7.05. The van der Waals surface area contributed by atoms with E-state index in [4.69, 9.17) is 27.1 Å². The van der Waals surface area contributed by atoms with Gasteiger partial charge in [-0.1, -0.05) is 32.4 Å². The van der Waals surface area contributed by atoms with Crippen LogP contribution in [0.5, 0.6) is 0 Å². The molecule has 3 aromatic rings. The number of halogens is 1. The minimum Gasteiger partial charge on any atom is -0.447 e. The predicted octanol–water partition coefficient (Wildman–Crippen LogP) is 4.02. The highest BCUT2D eigenvalue weighted by molar-refractivity contribution is 6.31. The van der Waals surface area contributed by atoms with Gasteiger partial charge in [-0.25, -0.2) is 14.8 Å². The molecular formula is C20H24ClN5O2. The third kappa shape index (κ3) is 4.20. The van der Waals surface area contributed by atoms with Gasteiger partial charge in [-0.2, -0.15) is 0 Å². The third-order valence-electron chi connectivity index (χ3n) is 4.73. The van der Waals surface area contributed by atoms with E-state index in [0.29, 0.717) is 5.02 Å². The van der Waals surface area contributed by atoms with E-state index in [9.17, 15) is 4.79 Å². The van der Waals surface area contributed by atoms with Gasteiger partial charge in [0.1, 0.15) is 12.4 Å². The summed E-state index contributed by atoms with van der Waals surface area (Å²) in [5.74, 6) is 0.728. The molecule has 0 spiro atoms. The second-order valence-corrected chi connectivity index (χ2v) is 8.19. The molecule has 7 nitrogen and oxygen atoms in total. The molecule has 0 radical (unpaired) electrons. The summed E-state index contributed by atoms with van der Waals surface area (Å²) in [5.41, 5.74) is 6.69. The smallest absolute Gasteiger partial charge is 0.404 e. The van der Waals surface area contributed by atoms with Gasteiger partial charge in [0.25, 0.3) is 0 Å². The van der Waals surface area contributed by atoms with Crippen molar-refractivity contribution in [1.29, 1.82) is 0 Å². The topological polar surface area (TPSA) is 86.3 Å². The molecule has 1 atom stereocenters. The molecule has 2 aromatic heterocycles. The summed E-state index contributed by atoms with van der Waals surface area (Å²) in [6.07, 6.45) is 4.55. The van der Waals surface area contributed by atoms with Crippen LogP contribution >= 0.6 is 11.6 Å². The van der Waals surface area contributed by atoms with Crippen molar-refractivity contribution in [1.82, 2.24) is 14.5 Å². The van der Waals surface area contributed by atoms with Gasteiger partial charge in [-0.15, -0.1) is 0 Å². The maximum absolute atomic E-state index is 11.2. The number of rotatable bonds is 5. The van der Waals surface area contributed by atoms with Crippen molar-refractivity contribution in [3.8, 4) is 5.69 Å². The first kappa shape index (κ1) is 19.9. The summed E-state index contributed by atoms with van der Waals surface area (Å²) >= 11 is 6.20. The number of ether oxygens (including phenoxy) is 1. The number of anilines is 1. The largest absolute Gasteiger partial charge is 0.447 e. The number of nitrogens with zero attached hydrogens (tertiary/aromatic N) is 4. The number of hydrogen-bond acceptors (Lipinski definition) is 5. The number of nitrogens with two attached hydrogens (primary N) is 1. The normalized spacial score (nSPS) is 12.8. The van der Waals surface area contributed by atoms with Gasteiger partial charge >= 0.3 is 6.09 Å². The number of amides is 1. The fourth-order valence-corrected chi connectivity index (χ4v) is 3.40. The number of carbonyl (C=O) groups excluding carboxylic acids is 1. The zero-order chi connectivity index (χ0) is 20.5. The van der Waals surface area contributed by atoms with E-state index >= 15 is 0 Å². The molecule has 148 valence electrons. The standard InChI is InChI=1S/C20H24ClN5O2/c1-20(2,3)17(11-28-19(22)27)25(4)18-10-16(26-8-7-23-12-26)14-6-5-13(21)9-15(14)24-18/h5-10,12,17H,11H2,1-4H3,(H2,22,27). The lowest BCUT2D eigenvalue weighted by molar-refractivity contribution is 0.125. The van der Waals surface area contributed by atoms with Gasteiger partial charge in [0.2, 0.25) is 0 Å². The van der Waals surface area contributed by atoms with Crippen LogP contribution in [0.3, 0.4) is 0 Å². The molecule has 0 aliphatic carbocycles.